The lowest BCUT2D eigenvalue weighted by molar-refractivity contribution is -0.125. The van der Waals surface area contributed by atoms with Crippen molar-refractivity contribution < 1.29 is 18.4 Å². The van der Waals surface area contributed by atoms with Crippen LogP contribution < -0.4 is 10.6 Å². The summed E-state index contributed by atoms with van der Waals surface area (Å²) in [5.41, 5.74) is 1.41. The third-order valence-electron chi connectivity index (χ3n) is 4.97. The molecule has 0 unspecified atom stereocenters. The van der Waals surface area contributed by atoms with Crippen LogP contribution in [0.5, 0.6) is 0 Å². The summed E-state index contributed by atoms with van der Waals surface area (Å²) < 4.78 is 27.3. The van der Waals surface area contributed by atoms with Gasteiger partial charge in [0.2, 0.25) is 11.8 Å². The van der Waals surface area contributed by atoms with Gasteiger partial charge in [-0.15, -0.1) is 0 Å². The van der Waals surface area contributed by atoms with E-state index < -0.39 is 23.2 Å². The van der Waals surface area contributed by atoms with Gasteiger partial charge >= 0.3 is 0 Å². The number of anilines is 2. The van der Waals surface area contributed by atoms with Crippen LogP contribution in [0.15, 0.2) is 42.5 Å². The zero-order valence-corrected chi connectivity index (χ0v) is 15.1. The maximum absolute atomic E-state index is 13.7. The zero-order valence-electron chi connectivity index (χ0n) is 15.1. The molecule has 142 valence electrons. The van der Waals surface area contributed by atoms with E-state index in [1.165, 1.54) is 6.07 Å². The molecule has 2 amide bonds. The number of benzene rings is 2. The highest BCUT2D eigenvalue weighted by Gasteiger charge is 2.30. The zero-order chi connectivity index (χ0) is 19.4. The molecule has 2 aromatic carbocycles. The standard InChI is InChI=1S/C21H22F2N2O2/c1-13-4-2-5-16(12-13)24-20(26)14-8-10-15(11-9-14)21(27)25-19-17(22)6-3-7-18(19)23/h2-7,12,14-15H,8-11H2,1H3,(H,24,26)(H,25,27). The number of carbonyl (C=O) groups is 2. The number of nitrogens with one attached hydrogen (secondary N) is 2. The van der Waals surface area contributed by atoms with E-state index in [0.29, 0.717) is 25.7 Å². The molecule has 3 rings (SSSR count). The molecule has 0 saturated heterocycles. The Morgan fingerprint density at radius 2 is 1.37 bits per heavy atom. The number of hydrogen-bond acceptors (Lipinski definition) is 2. The van der Waals surface area contributed by atoms with Crippen molar-refractivity contribution in [1.82, 2.24) is 0 Å². The second-order valence-electron chi connectivity index (χ2n) is 6.99. The quantitative estimate of drug-likeness (QED) is 0.820. The molecule has 1 fully saturated rings. The lowest BCUT2D eigenvalue weighted by atomic mass is 9.81. The smallest absolute Gasteiger partial charge is 0.227 e. The lowest BCUT2D eigenvalue weighted by Gasteiger charge is -2.27. The summed E-state index contributed by atoms with van der Waals surface area (Å²) in [4.78, 5) is 24.8. The Morgan fingerprint density at radius 1 is 0.852 bits per heavy atom. The Hall–Kier alpha value is -2.76. The number of amides is 2. The van der Waals surface area contributed by atoms with E-state index in [0.717, 1.165) is 23.4 Å². The minimum atomic E-state index is -0.797. The Bertz CT molecular complexity index is 826. The normalized spacial score (nSPS) is 19.4. The van der Waals surface area contributed by atoms with Crippen LogP contribution in [0.1, 0.15) is 31.2 Å². The van der Waals surface area contributed by atoms with Crippen molar-refractivity contribution in [1.29, 1.82) is 0 Å². The molecule has 0 spiro atoms. The molecule has 1 aliphatic rings. The van der Waals surface area contributed by atoms with Crippen molar-refractivity contribution in [2.75, 3.05) is 10.6 Å². The molecule has 4 nitrogen and oxygen atoms in total. The van der Waals surface area contributed by atoms with Crippen LogP contribution in [-0.4, -0.2) is 11.8 Å². The molecule has 6 heteroatoms. The molecule has 1 aliphatic carbocycles. The summed E-state index contributed by atoms with van der Waals surface area (Å²) in [6.45, 7) is 1.96. The molecule has 0 aliphatic heterocycles. The Kier molecular flexibility index (Phi) is 5.84. The van der Waals surface area contributed by atoms with Gasteiger partial charge in [0.25, 0.3) is 0 Å². The fraction of sp³-hybridized carbons (Fsp3) is 0.333. The molecule has 2 N–H and O–H groups in total. The van der Waals surface area contributed by atoms with Gasteiger partial charge in [-0.1, -0.05) is 18.2 Å². The second-order valence-corrected chi connectivity index (χ2v) is 6.99. The minimum Gasteiger partial charge on any atom is -0.326 e. The minimum absolute atomic E-state index is 0.0559. The molecule has 0 aromatic heterocycles. The van der Waals surface area contributed by atoms with E-state index in [2.05, 4.69) is 10.6 Å². The van der Waals surface area contributed by atoms with E-state index in [-0.39, 0.29) is 17.7 Å². The van der Waals surface area contributed by atoms with Crippen molar-refractivity contribution >= 4 is 23.2 Å². The average Bonchev–Trinajstić information content (AvgIpc) is 2.65. The van der Waals surface area contributed by atoms with Gasteiger partial charge in [-0.2, -0.15) is 0 Å². The van der Waals surface area contributed by atoms with Crippen LogP contribution >= 0.6 is 0 Å². The number of hydrogen-bond donors (Lipinski definition) is 2. The molecule has 27 heavy (non-hydrogen) atoms. The third kappa shape index (κ3) is 4.70. The maximum atomic E-state index is 13.7. The number of halogens is 2. The molecule has 0 bridgehead atoms. The van der Waals surface area contributed by atoms with Gasteiger partial charge in [0.15, 0.2) is 0 Å². The average molecular weight is 372 g/mol. The van der Waals surface area contributed by atoms with Crippen molar-refractivity contribution in [3.8, 4) is 0 Å². The fourth-order valence-corrected chi connectivity index (χ4v) is 3.43. The van der Waals surface area contributed by atoms with Crippen molar-refractivity contribution in [2.24, 2.45) is 11.8 Å². The van der Waals surface area contributed by atoms with Crippen molar-refractivity contribution in [3.05, 3.63) is 59.7 Å². The van der Waals surface area contributed by atoms with Gasteiger partial charge < -0.3 is 10.6 Å². The highest BCUT2D eigenvalue weighted by molar-refractivity contribution is 5.94. The van der Waals surface area contributed by atoms with Crippen LogP contribution in [0.25, 0.3) is 0 Å². The molecular formula is C21H22F2N2O2. The highest BCUT2D eigenvalue weighted by Crippen LogP contribution is 2.31. The van der Waals surface area contributed by atoms with Crippen molar-refractivity contribution in [3.63, 3.8) is 0 Å². The number of aryl methyl sites for hydroxylation is 1. The fourth-order valence-electron chi connectivity index (χ4n) is 3.43. The van der Waals surface area contributed by atoms with Gasteiger partial charge in [0.1, 0.15) is 17.3 Å². The van der Waals surface area contributed by atoms with Crippen LogP contribution in [-0.2, 0) is 9.59 Å². The van der Waals surface area contributed by atoms with E-state index in [1.807, 2.05) is 31.2 Å². The summed E-state index contributed by atoms with van der Waals surface area (Å²) in [5.74, 6) is -2.58. The first kappa shape index (κ1) is 19.0. The van der Waals surface area contributed by atoms with Gasteiger partial charge in [0, 0.05) is 17.5 Å². The monoisotopic (exact) mass is 372 g/mol. The number of rotatable bonds is 4. The second kappa shape index (κ2) is 8.29. The molecule has 0 heterocycles. The summed E-state index contributed by atoms with van der Waals surface area (Å²) in [6.07, 6.45) is 2.15. The first-order chi connectivity index (χ1) is 12.9. The van der Waals surface area contributed by atoms with Gasteiger partial charge in [0.05, 0.1) is 0 Å². The third-order valence-corrected chi connectivity index (χ3v) is 4.97. The Labute approximate surface area is 157 Å². The largest absolute Gasteiger partial charge is 0.326 e. The van der Waals surface area contributed by atoms with E-state index in [9.17, 15) is 18.4 Å². The van der Waals surface area contributed by atoms with E-state index in [4.69, 9.17) is 0 Å². The summed E-state index contributed by atoms with van der Waals surface area (Å²) in [5, 5.41) is 5.26. The van der Waals surface area contributed by atoms with E-state index >= 15 is 0 Å². The highest BCUT2D eigenvalue weighted by atomic mass is 19.1. The Morgan fingerprint density at radius 3 is 1.93 bits per heavy atom. The van der Waals surface area contributed by atoms with Gasteiger partial charge in [-0.25, -0.2) is 8.78 Å². The molecule has 0 radical (unpaired) electrons. The molecular weight excluding hydrogens is 350 g/mol. The predicted octanol–water partition coefficient (Wildman–Crippen LogP) is 4.66. The SMILES string of the molecule is Cc1cccc(NC(=O)C2CCC(C(=O)Nc3c(F)cccc3F)CC2)c1. The first-order valence-electron chi connectivity index (χ1n) is 9.06. The predicted molar refractivity (Wildman–Crippen MR) is 100 cm³/mol. The van der Waals surface area contributed by atoms with Crippen LogP contribution in [0.4, 0.5) is 20.2 Å². The Balaban J connectivity index is 1.53. The number of carbonyl (C=O) groups excluding carboxylic acids is 2. The molecule has 0 atom stereocenters. The van der Waals surface area contributed by atoms with Crippen LogP contribution in [0.3, 0.4) is 0 Å². The summed E-state index contributed by atoms with van der Waals surface area (Å²) in [7, 11) is 0. The van der Waals surface area contributed by atoms with Gasteiger partial charge in [-0.05, 0) is 62.4 Å². The van der Waals surface area contributed by atoms with Crippen LogP contribution in [0, 0.1) is 30.4 Å². The van der Waals surface area contributed by atoms with Crippen molar-refractivity contribution in [2.45, 2.75) is 32.6 Å². The topological polar surface area (TPSA) is 58.2 Å². The summed E-state index contributed by atoms with van der Waals surface area (Å²) >= 11 is 0. The van der Waals surface area contributed by atoms with Crippen LogP contribution in [0.2, 0.25) is 0 Å². The number of para-hydroxylation sites is 1. The summed E-state index contributed by atoms with van der Waals surface area (Å²) in [6, 6.07) is 11.0. The molecule has 2 aromatic rings. The van der Waals surface area contributed by atoms with Gasteiger partial charge in [-0.3, -0.25) is 9.59 Å². The lowest BCUT2D eigenvalue weighted by Crippen LogP contribution is -2.32. The first-order valence-corrected chi connectivity index (χ1v) is 9.06. The van der Waals surface area contributed by atoms with E-state index in [1.54, 1.807) is 0 Å². The maximum Gasteiger partial charge on any atom is 0.227 e. The molecule has 1 saturated carbocycles.